The molecular formula is C26H32N3O7P. The van der Waals surface area contributed by atoms with Gasteiger partial charge in [0.1, 0.15) is 18.0 Å². The maximum absolute atomic E-state index is 12.5. The van der Waals surface area contributed by atoms with Crippen molar-refractivity contribution in [2.24, 2.45) is 0 Å². The number of ether oxygens (including phenoxy) is 2. The molecule has 198 valence electrons. The second-order valence-electron chi connectivity index (χ2n) is 9.20. The first-order valence-corrected chi connectivity index (χ1v) is 13.4. The summed E-state index contributed by atoms with van der Waals surface area (Å²) >= 11 is 0. The van der Waals surface area contributed by atoms with E-state index in [1.807, 2.05) is 49.4 Å². The smallest absolute Gasteiger partial charge is 0.330 e. The standard InChI is InChI=1S/C26H32N3O7P/c1-16(2)33-25(31)17(3)28-37(36-22-11-7-9-19-8-5-6-10-20(19)22)35-18(4)21-12-13-24(34-21)29-15-14-23(30)27-26(29)32/h5-11,14-18,21,24,28H,12-13H2,1-4H3,(H,27,30,32). The Bertz CT molecular complexity index is 1340. The average molecular weight is 530 g/mol. The summed E-state index contributed by atoms with van der Waals surface area (Å²) < 4.78 is 25.4. The van der Waals surface area contributed by atoms with Gasteiger partial charge in [0, 0.05) is 17.6 Å². The molecule has 1 aliphatic rings. The first-order chi connectivity index (χ1) is 17.7. The molecule has 10 nitrogen and oxygen atoms in total. The molecule has 1 fully saturated rings. The minimum Gasteiger partial charge on any atom is -0.462 e. The van der Waals surface area contributed by atoms with Crippen molar-refractivity contribution in [3.63, 3.8) is 0 Å². The van der Waals surface area contributed by atoms with Gasteiger partial charge in [0.25, 0.3) is 5.56 Å². The molecule has 0 amide bonds. The van der Waals surface area contributed by atoms with E-state index in [1.54, 1.807) is 20.8 Å². The summed E-state index contributed by atoms with van der Waals surface area (Å²) in [7, 11) is -1.79. The first-order valence-electron chi connectivity index (χ1n) is 12.3. The highest BCUT2D eigenvalue weighted by atomic mass is 31.2. The fraction of sp³-hybridized carbons (Fsp3) is 0.423. The van der Waals surface area contributed by atoms with E-state index in [-0.39, 0.29) is 12.2 Å². The number of hydrogen-bond donors (Lipinski definition) is 2. The fourth-order valence-corrected chi connectivity index (χ4v) is 5.41. The zero-order valence-electron chi connectivity index (χ0n) is 21.2. The molecule has 11 heteroatoms. The predicted molar refractivity (Wildman–Crippen MR) is 140 cm³/mol. The highest BCUT2D eigenvalue weighted by Crippen LogP contribution is 2.42. The topological polar surface area (TPSA) is 121 Å². The number of aromatic amines is 1. The third kappa shape index (κ3) is 6.84. The summed E-state index contributed by atoms with van der Waals surface area (Å²) in [6.45, 7) is 7.15. The zero-order chi connectivity index (χ0) is 26.5. The number of carbonyl (C=O) groups excluding carboxylic acids is 1. The van der Waals surface area contributed by atoms with Crippen LogP contribution in [0.3, 0.4) is 0 Å². The van der Waals surface area contributed by atoms with Crippen LogP contribution in [0, 0.1) is 0 Å². The molecule has 37 heavy (non-hydrogen) atoms. The van der Waals surface area contributed by atoms with Crippen LogP contribution in [0.2, 0.25) is 0 Å². The third-order valence-corrected chi connectivity index (χ3v) is 7.40. The second kappa shape index (κ2) is 12.0. The van der Waals surface area contributed by atoms with Gasteiger partial charge in [-0.25, -0.2) is 9.88 Å². The van der Waals surface area contributed by atoms with Crippen molar-refractivity contribution in [3.05, 3.63) is 75.6 Å². The van der Waals surface area contributed by atoms with Crippen LogP contribution in [0.4, 0.5) is 0 Å². The van der Waals surface area contributed by atoms with Crippen LogP contribution in [0.5, 0.6) is 5.75 Å². The van der Waals surface area contributed by atoms with E-state index in [0.29, 0.717) is 18.6 Å². The van der Waals surface area contributed by atoms with Crippen molar-refractivity contribution in [2.45, 2.75) is 71.1 Å². The summed E-state index contributed by atoms with van der Waals surface area (Å²) in [5.74, 6) is 0.216. The maximum atomic E-state index is 12.5. The molecule has 1 aromatic heterocycles. The van der Waals surface area contributed by atoms with Gasteiger partial charge in [-0.1, -0.05) is 36.4 Å². The van der Waals surface area contributed by atoms with Crippen LogP contribution in [0.1, 0.15) is 46.8 Å². The number of hydrogen-bond acceptors (Lipinski definition) is 8. The van der Waals surface area contributed by atoms with E-state index < -0.39 is 44.1 Å². The molecule has 2 aromatic carbocycles. The average Bonchev–Trinajstić information content (AvgIpc) is 3.34. The molecule has 0 aliphatic carbocycles. The SMILES string of the molecule is CC(C)OC(=O)C(C)NP(Oc1cccc2ccccc12)OC(C)C1CCC(n2ccc(=O)[nH]c2=O)O1. The second-order valence-corrected chi connectivity index (χ2v) is 10.4. The number of benzene rings is 2. The van der Waals surface area contributed by atoms with Crippen molar-refractivity contribution in [2.75, 3.05) is 0 Å². The van der Waals surface area contributed by atoms with Crippen LogP contribution in [0.15, 0.2) is 64.3 Å². The van der Waals surface area contributed by atoms with Gasteiger partial charge in [0.15, 0.2) is 0 Å². The minimum absolute atomic E-state index is 0.248. The Kier molecular flexibility index (Phi) is 8.76. The van der Waals surface area contributed by atoms with Gasteiger partial charge < -0.3 is 18.5 Å². The molecule has 2 N–H and O–H groups in total. The zero-order valence-corrected chi connectivity index (χ0v) is 22.1. The Balaban J connectivity index is 1.50. The van der Waals surface area contributed by atoms with Gasteiger partial charge in [-0.15, -0.1) is 0 Å². The summed E-state index contributed by atoms with van der Waals surface area (Å²) in [5, 5.41) is 5.08. The fourth-order valence-electron chi connectivity index (χ4n) is 4.06. The quantitative estimate of drug-likeness (QED) is 0.299. The number of fused-ring (bicyclic) bond motifs is 1. The van der Waals surface area contributed by atoms with E-state index in [1.165, 1.54) is 16.8 Å². The van der Waals surface area contributed by atoms with Crippen molar-refractivity contribution >= 4 is 25.3 Å². The van der Waals surface area contributed by atoms with E-state index in [9.17, 15) is 14.4 Å². The third-order valence-electron chi connectivity index (χ3n) is 5.91. The van der Waals surface area contributed by atoms with Gasteiger partial charge in [-0.2, -0.15) is 0 Å². The summed E-state index contributed by atoms with van der Waals surface area (Å²) in [5.41, 5.74) is -0.979. The Morgan fingerprint density at radius 1 is 1.08 bits per heavy atom. The van der Waals surface area contributed by atoms with Gasteiger partial charge in [-0.3, -0.25) is 19.1 Å². The van der Waals surface area contributed by atoms with Crippen LogP contribution in [0.25, 0.3) is 10.8 Å². The van der Waals surface area contributed by atoms with Gasteiger partial charge >= 0.3 is 20.2 Å². The van der Waals surface area contributed by atoms with Crippen LogP contribution in [-0.4, -0.2) is 39.9 Å². The van der Waals surface area contributed by atoms with Crippen molar-refractivity contribution in [1.82, 2.24) is 14.6 Å². The summed E-state index contributed by atoms with van der Waals surface area (Å²) in [6.07, 6.45) is 1.13. The first kappa shape index (κ1) is 27.0. The molecule has 0 spiro atoms. The largest absolute Gasteiger partial charge is 0.462 e. The number of esters is 1. The van der Waals surface area contributed by atoms with E-state index in [4.69, 9.17) is 18.5 Å². The molecule has 2 heterocycles. The molecular weight excluding hydrogens is 497 g/mol. The highest BCUT2D eigenvalue weighted by molar-refractivity contribution is 7.45. The number of nitrogens with one attached hydrogen (secondary N) is 2. The molecule has 0 bridgehead atoms. The molecule has 4 rings (SSSR count). The summed E-state index contributed by atoms with van der Waals surface area (Å²) in [6, 6.07) is 14.2. The number of H-pyrrole nitrogens is 1. The molecule has 5 unspecified atom stereocenters. The van der Waals surface area contributed by atoms with E-state index in [2.05, 4.69) is 10.1 Å². The molecule has 3 aromatic rings. The lowest BCUT2D eigenvalue weighted by molar-refractivity contribution is -0.149. The van der Waals surface area contributed by atoms with Gasteiger partial charge in [0.05, 0.1) is 18.3 Å². The Hall–Kier alpha value is -3.04. The minimum atomic E-state index is -1.79. The van der Waals surface area contributed by atoms with Crippen molar-refractivity contribution < 1.29 is 23.3 Å². The van der Waals surface area contributed by atoms with Gasteiger partial charge in [0.2, 0.25) is 0 Å². The van der Waals surface area contributed by atoms with E-state index in [0.717, 1.165) is 10.8 Å². The van der Waals surface area contributed by atoms with E-state index >= 15 is 0 Å². The highest BCUT2D eigenvalue weighted by Gasteiger charge is 2.34. The lowest BCUT2D eigenvalue weighted by atomic mass is 10.1. The monoisotopic (exact) mass is 529 g/mol. The Morgan fingerprint density at radius 2 is 1.84 bits per heavy atom. The van der Waals surface area contributed by atoms with Gasteiger partial charge in [-0.05, 0) is 52.0 Å². The Morgan fingerprint density at radius 3 is 2.59 bits per heavy atom. The van der Waals surface area contributed by atoms with Crippen molar-refractivity contribution in [1.29, 1.82) is 0 Å². The van der Waals surface area contributed by atoms with Crippen LogP contribution >= 0.6 is 8.53 Å². The number of carbonyl (C=O) groups is 1. The van der Waals surface area contributed by atoms with Crippen LogP contribution < -0.4 is 20.9 Å². The maximum Gasteiger partial charge on any atom is 0.330 e. The molecule has 0 saturated carbocycles. The molecule has 5 atom stereocenters. The van der Waals surface area contributed by atoms with Crippen LogP contribution in [-0.2, 0) is 18.8 Å². The lowest BCUT2D eigenvalue weighted by Crippen LogP contribution is -2.36. The number of rotatable bonds is 10. The molecule has 0 radical (unpaired) electrons. The molecule has 1 aliphatic heterocycles. The van der Waals surface area contributed by atoms with Crippen molar-refractivity contribution in [3.8, 4) is 5.75 Å². The number of nitrogens with zero attached hydrogens (tertiary/aromatic N) is 1. The summed E-state index contributed by atoms with van der Waals surface area (Å²) in [4.78, 5) is 38.3. The molecule has 1 saturated heterocycles. The lowest BCUT2D eigenvalue weighted by Gasteiger charge is -2.28. The normalized spacial score (nSPS) is 20.0. The number of aromatic nitrogens is 2. The Labute approximate surface area is 215 Å². The predicted octanol–water partition coefficient (Wildman–Crippen LogP) is 4.01.